The van der Waals surface area contributed by atoms with Crippen molar-refractivity contribution < 1.29 is 19.1 Å². The van der Waals surface area contributed by atoms with Crippen molar-refractivity contribution in [2.75, 3.05) is 14.2 Å². The molecule has 1 saturated heterocycles. The molecule has 3 aromatic carbocycles. The Balaban J connectivity index is 1.68. The van der Waals surface area contributed by atoms with Crippen LogP contribution in [0, 0.1) is 0 Å². The molecular weight excluding hydrogens is 468 g/mol. The minimum Gasteiger partial charge on any atom is -0.374 e. The average Bonchev–Trinajstić information content (AvgIpc) is 3.55. The van der Waals surface area contributed by atoms with Gasteiger partial charge in [-0.1, -0.05) is 36.4 Å². The largest absolute Gasteiger partial charge is 0.374 e. The van der Waals surface area contributed by atoms with Crippen LogP contribution in [0.5, 0.6) is 0 Å². The number of carbonyl (C=O) groups is 2. The summed E-state index contributed by atoms with van der Waals surface area (Å²) in [4.78, 5) is 27.1. The maximum atomic E-state index is 13.4. The Labute approximate surface area is 212 Å². The first-order chi connectivity index (χ1) is 18.0. The Kier molecular flexibility index (Phi) is 3.96. The molecule has 2 bridgehead atoms. The maximum absolute atomic E-state index is 13.4. The van der Waals surface area contributed by atoms with Crippen molar-refractivity contribution in [1.29, 1.82) is 0 Å². The molecule has 5 aromatic rings. The van der Waals surface area contributed by atoms with Gasteiger partial charge in [-0.3, -0.25) is 9.59 Å². The molecule has 8 heteroatoms. The van der Waals surface area contributed by atoms with Crippen molar-refractivity contribution in [1.82, 2.24) is 19.4 Å². The highest BCUT2D eigenvalue weighted by Crippen LogP contribution is 2.54. The second-order valence-corrected chi connectivity index (χ2v) is 10.6. The Bertz CT molecular complexity index is 1830. The SMILES string of the molecule is COC1C(N(C)C=O)CC2OC1(C)n1c3ccccc3c3c4c(c5c6ccccc6n2c5c31)C(=O)NC4. The Morgan fingerprint density at radius 2 is 1.78 bits per heavy atom. The molecule has 2 aromatic heterocycles. The van der Waals surface area contributed by atoms with Gasteiger partial charge in [-0.15, -0.1) is 0 Å². The first-order valence-corrected chi connectivity index (χ1v) is 12.7. The molecule has 4 unspecified atom stereocenters. The summed E-state index contributed by atoms with van der Waals surface area (Å²) in [6, 6.07) is 16.3. The number of ether oxygens (including phenoxy) is 2. The van der Waals surface area contributed by atoms with E-state index in [0.29, 0.717) is 13.0 Å². The minimum atomic E-state index is -0.918. The van der Waals surface area contributed by atoms with Crippen molar-refractivity contribution in [3.05, 3.63) is 59.7 Å². The second-order valence-electron chi connectivity index (χ2n) is 10.6. The van der Waals surface area contributed by atoms with Crippen molar-refractivity contribution in [2.45, 2.75) is 44.0 Å². The van der Waals surface area contributed by atoms with Gasteiger partial charge in [0.1, 0.15) is 12.3 Å². The van der Waals surface area contributed by atoms with Gasteiger partial charge in [-0.25, -0.2) is 0 Å². The molecule has 0 saturated carbocycles. The minimum absolute atomic E-state index is 0.0377. The van der Waals surface area contributed by atoms with Crippen LogP contribution in [0.3, 0.4) is 0 Å². The molecular formula is C29H26N4O4. The van der Waals surface area contributed by atoms with Gasteiger partial charge in [0.2, 0.25) is 6.41 Å². The smallest absolute Gasteiger partial charge is 0.252 e. The van der Waals surface area contributed by atoms with Crippen molar-refractivity contribution in [3.63, 3.8) is 0 Å². The van der Waals surface area contributed by atoms with Gasteiger partial charge in [-0.05, 0) is 24.6 Å². The lowest BCUT2D eigenvalue weighted by atomic mass is 9.92. The standard InChI is InChI=1S/C29H26N4O4/c1-29-27(36-3)20(31(2)14-34)12-21(37-29)32-18-10-6-4-8-15(18)23-24-17(13-30-28(24)35)22-16-9-5-7-11-19(16)33(29)26(22)25(23)32/h4-11,14,20-21,27H,12-13H2,1-3H3,(H,30,35). The van der Waals surface area contributed by atoms with E-state index in [9.17, 15) is 9.59 Å². The van der Waals surface area contributed by atoms with Gasteiger partial charge in [0.15, 0.2) is 5.72 Å². The molecule has 0 spiro atoms. The van der Waals surface area contributed by atoms with E-state index in [4.69, 9.17) is 9.47 Å². The molecule has 2 amide bonds. The van der Waals surface area contributed by atoms with E-state index in [-0.39, 0.29) is 18.2 Å². The van der Waals surface area contributed by atoms with Crippen LogP contribution < -0.4 is 5.32 Å². The van der Waals surface area contributed by atoms with Crippen LogP contribution in [-0.4, -0.2) is 52.7 Å². The zero-order valence-corrected chi connectivity index (χ0v) is 20.8. The summed E-state index contributed by atoms with van der Waals surface area (Å²) in [6.45, 7) is 2.56. The number of carbonyl (C=O) groups excluding carboxylic acids is 2. The Morgan fingerprint density at radius 3 is 2.51 bits per heavy atom. The number of nitrogens with zero attached hydrogens (tertiary/aromatic N) is 3. The molecule has 8 nitrogen and oxygen atoms in total. The van der Waals surface area contributed by atoms with Gasteiger partial charge in [-0.2, -0.15) is 0 Å². The number of nitrogens with one attached hydrogen (secondary N) is 1. The van der Waals surface area contributed by atoms with Crippen LogP contribution in [0.1, 0.15) is 35.5 Å². The molecule has 37 heavy (non-hydrogen) atoms. The lowest BCUT2D eigenvalue weighted by Gasteiger charge is -2.50. The van der Waals surface area contributed by atoms with Gasteiger partial charge < -0.3 is 28.8 Å². The normalized spacial score (nSPS) is 26.2. The highest BCUT2D eigenvalue weighted by atomic mass is 16.6. The van der Waals surface area contributed by atoms with E-state index in [1.165, 1.54) is 0 Å². The van der Waals surface area contributed by atoms with E-state index in [1.807, 2.05) is 31.3 Å². The fourth-order valence-electron chi connectivity index (χ4n) is 7.49. The first-order valence-electron chi connectivity index (χ1n) is 12.7. The van der Waals surface area contributed by atoms with E-state index < -0.39 is 11.8 Å². The van der Waals surface area contributed by atoms with E-state index >= 15 is 0 Å². The zero-order chi connectivity index (χ0) is 25.2. The van der Waals surface area contributed by atoms with Crippen molar-refractivity contribution in [3.8, 4) is 0 Å². The molecule has 4 atom stereocenters. The Morgan fingerprint density at radius 1 is 1.08 bits per heavy atom. The molecule has 0 radical (unpaired) electrons. The molecule has 1 fully saturated rings. The zero-order valence-electron chi connectivity index (χ0n) is 20.8. The monoisotopic (exact) mass is 494 g/mol. The number of para-hydroxylation sites is 2. The van der Waals surface area contributed by atoms with Crippen molar-refractivity contribution in [2.24, 2.45) is 0 Å². The van der Waals surface area contributed by atoms with Crippen LogP contribution >= 0.6 is 0 Å². The highest BCUT2D eigenvalue weighted by molar-refractivity contribution is 6.31. The predicted molar refractivity (Wildman–Crippen MR) is 140 cm³/mol. The number of hydrogen-bond donors (Lipinski definition) is 1. The molecule has 1 N–H and O–H groups in total. The summed E-state index contributed by atoms with van der Waals surface area (Å²) < 4.78 is 17.8. The molecule has 3 aliphatic heterocycles. The van der Waals surface area contributed by atoms with Crippen molar-refractivity contribution >= 4 is 55.9 Å². The van der Waals surface area contributed by atoms with Crippen LogP contribution in [0.25, 0.3) is 43.6 Å². The van der Waals surface area contributed by atoms with E-state index in [2.05, 4.69) is 45.6 Å². The summed E-state index contributed by atoms with van der Waals surface area (Å²) in [5.41, 5.74) is 4.94. The second kappa shape index (κ2) is 6.90. The molecule has 3 aliphatic rings. The summed E-state index contributed by atoms with van der Waals surface area (Å²) in [6.07, 6.45) is 0.647. The number of benzene rings is 3. The van der Waals surface area contributed by atoms with Gasteiger partial charge in [0.05, 0.1) is 33.7 Å². The van der Waals surface area contributed by atoms with Crippen LogP contribution in [0.15, 0.2) is 48.5 Å². The average molecular weight is 495 g/mol. The first kappa shape index (κ1) is 21.2. The molecule has 5 heterocycles. The van der Waals surface area contributed by atoms with E-state index in [1.54, 1.807) is 12.0 Å². The number of methoxy groups -OCH3 is 1. The topological polar surface area (TPSA) is 77.7 Å². The van der Waals surface area contributed by atoms with Gasteiger partial charge in [0, 0.05) is 48.7 Å². The number of rotatable bonds is 3. The van der Waals surface area contributed by atoms with Crippen LogP contribution in [0.2, 0.25) is 0 Å². The summed E-state index contributed by atoms with van der Waals surface area (Å²) in [5, 5.41) is 7.25. The number of hydrogen-bond acceptors (Lipinski definition) is 4. The lowest BCUT2D eigenvalue weighted by molar-refractivity contribution is -0.265. The number of amides is 2. The third-order valence-electron chi connectivity index (χ3n) is 8.89. The molecule has 186 valence electrons. The number of aromatic nitrogens is 2. The quantitative estimate of drug-likeness (QED) is 0.381. The third-order valence-corrected chi connectivity index (χ3v) is 8.89. The summed E-state index contributed by atoms with van der Waals surface area (Å²) in [7, 11) is 3.50. The molecule has 8 rings (SSSR count). The number of likely N-dealkylation sites (N-methyl/N-ethyl adjacent to an activating group) is 1. The maximum Gasteiger partial charge on any atom is 0.252 e. The fraction of sp³-hybridized carbons (Fsp3) is 0.310. The summed E-state index contributed by atoms with van der Waals surface area (Å²) in [5.74, 6) is -0.0377. The van der Waals surface area contributed by atoms with E-state index in [0.717, 1.165) is 61.1 Å². The third kappa shape index (κ3) is 2.32. The van der Waals surface area contributed by atoms with Crippen LogP contribution in [0.4, 0.5) is 0 Å². The fourth-order valence-corrected chi connectivity index (χ4v) is 7.49. The lowest BCUT2D eigenvalue weighted by Crippen LogP contribution is -2.60. The predicted octanol–water partition coefficient (Wildman–Crippen LogP) is 4.22. The van der Waals surface area contributed by atoms with Gasteiger partial charge in [0.25, 0.3) is 5.91 Å². The summed E-state index contributed by atoms with van der Waals surface area (Å²) >= 11 is 0. The van der Waals surface area contributed by atoms with Gasteiger partial charge >= 0.3 is 0 Å². The van der Waals surface area contributed by atoms with Crippen LogP contribution in [-0.2, 0) is 26.5 Å². The Hall–Kier alpha value is -3.88. The highest BCUT2D eigenvalue weighted by Gasteiger charge is 2.54. The molecule has 0 aliphatic carbocycles. The number of fused-ring (bicyclic) bond motifs is 13.